The highest BCUT2D eigenvalue weighted by Gasteiger charge is 2.26. The molecule has 144 valence electrons. The molecule has 2 rings (SSSR count). The predicted octanol–water partition coefficient (Wildman–Crippen LogP) is 7.07. The predicted molar refractivity (Wildman–Crippen MR) is 110 cm³/mol. The van der Waals surface area contributed by atoms with Crippen molar-refractivity contribution in [3.8, 4) is 5.75 Å². The Hall–Kier alpha value is -1.57. The SMILES string of the molecule is CCCCCC(=O)C1=C(C)Oc2c(cc(C(C)CC)cc2C(C)CC)C1. The molecule has 0 aromatic heterocycles. The summed E-state index contributed by atoms with van der Waals surface area (Å²) in [6, 6.07) is 4.61. The molecule has 0 N–H and O–H groups in total. The lowest BCUT2D eigenvalue weighted by Gasteiger charge is -2.27. The van der Waals surface area contributed by atoms with Crippen LogP contribution in [0.15, 0.2) is 23.5 Å². The van der Waals surface area contributed by atoms with E-state index in [2.05, 4.69) is 46.8 Å². The second-order valence-electron chi connectivity index (χ2n) is 7.91. The molecule has 2 nitrogen and oxygen atoms in total. The summed E-state index contributed by atoms with van der Waals surface area (Å²) < 4.78 is 6.25. The number of carbonyl (C=O) groups is 1. The lowest BCUT2D eigenvalue weighted by Crippen LogP contribution is -2.17. The van der Waals surface area contributed by atoms with Crippen molar-refractivity contribution < 1.29 is 9.53 Å². The van der Waals surface area contributed by atoms with Gasteiger partial charge in [0.1, 0.15) is 11.5 Å². The third-order valence-corrected chi connectivity index (χ3v) is 5.93. The minimum absolute atomic E-state index is 0.264. The van der Waals surface area contributed by atoms with Gasteiger partial charge in [0.2, 0.25) is 0 Å². The van der Waals surface area contributed by atoms with Gasteiger partial charge in [0, 0.05) is 18.4 Å². The first-order valence-corrected chi connectivity index (χ1v) is 10.5. The fraction of sp³-hybridized carbons (Fsp3) is 0.625. The van der Waals surface area contributed by atoms with Crippen LogP contribution in [0, 0.1) is 0 Å². The summed E-state index contributed by atoms with van der Waals surface area (Å²) in [5, 5.41) is 0. The van der Waals surface area contributed by atoms with Crippen LogP contribution in [0.3, 0.4) is 0 Å². The van der Waals surface area contributed by atoms with E-state index >= 15 is 0 Å². The molecule has 1 aliphatic heterocycles. The van der Waals surface area contributed by atoms with Crippen molar-refractivity contribution in [3.63, 3.8) is 0 Å². The fourth-order valence-electron chi connectivity index (χ4n) is 3.61. The van der Waals surface area contributed by atoms with Gasteiger partial charge in [0.25, 0.3) is 0 Å². The molecule has 0 fully saturated rings. The summed E-state index contributed by atoms with van der Waals surface area (Å²) in [6.07, 6.45) is 6.81. The van der Waals surface area contributed by atoms with E-state index in [1.807, 2.05) is 6.92 Å². The van der Waals surface area contributed by atoms with E-state index < -0.39 is 0 Å². The standard InChI is InChI=1S/C24H36O2/c1-7-10-11-12-23(25)22-15-20-13-19(16(4)8-2)14-21(17(5)9-3)24(20)26-18(22)6/h13-14,16-17H,7-12,15H2,1-6H3. The first-order valence-electron chi connectivity index (χ1n) is 10.5. The van der Waals surface area contributed by atoms with Gasteiger partial charge in [-0.25, -0.2) is 0 Å². The normalized spacial score (nSPS) is 16.1. The maximum atomic E-state index is 12.7. The van der Waals surface area contributed by atoms with Crippen molar-refractivity contribution in [2.45, 2.75) is 98.3 Å². The number of ether oxygens (including phenoxy) is 1. The quantitative estimate of drug-likeness (QED) is 0.442. The monoisotopic (exact) mass is 356 g/mol. The minimum Gasteiger partial charge on any atom is -0.461 e. The van der Waals surface area contributed by atoms with Crippen molar-refractivity contribution >= 4 is 5.78 Å². The van der Waals surface area contributed by atoms with Crippen molar-refractivity contribution in [2.75, 3.05) is 0 Å². The summed E-state index contributed by atoms with van der Waals surface area (Å²) in [5.41, 5.74) is 4.76. The Labute approximate surface area is 160 Å². The zero-order valence-electron chi connectivity index (χ0n) is 17.6. The molecule has 0 saturated carbocycles. The topological polar surface area (TPSA) is 26.3 Å². The van der Waals surface area contributed by atoms with E-state index in [1.165, 1.54) is 16.7 Å². The number of hydrogen-bond acceptors (Lipinski definition) is 2. The Bertz CT molecular complexity index is 669. The van der Waals surface area contributed by atoms with E-state index in [0.717, 1.165) is 55.6 Å². The molecule has 2 atom stereocenters. The third kappa shape index (κ3) is 4.58. The largest absolute Gasteiger partial charge is 0.461 e. The third-order valence-electron chi connectivity index (χ3n) is 5.93. The molecule has 2 heteroatoms. The van der Waals surface area contributed by atoms with Crippen molar-refractivity contribution in [1.29, 1.82) is 0 Å². The van der Waals surface area contributed by atoms with Gasteiger partial charge in [0.15, 0.2) is 5.78 Å². The molecule has 26 heavy (non-hydrogen) atoms. The Morgan fingerprint density at radius 2 is 1.77 bits per heavy atom. The number of allylic oxidation sites excluding steroid dienone is 2. The first-order chi connectivity index (χ1) is 12.4. The van der Waals surface area contributed by atoms with Gasteiger partial charge >= 0.3 is 0 Å². The molecular formula is C24H36O2. The van der Waals surface area contributed by atoms with Crippen molar-refractivity contribution in [3.05, 3.63) is 40.2 Å². The van der Waals surface area contributed by atoms with Crippen molar-refractivity contribution in [1.82, 2.24) is 0 Å². The second-order valence-corrected chi connectivity index (χ2v) is 7.91. The lowest BCUT2D eigenvalue weighted by atomic mass is 9.85. The molecule has 0 radical (unpaired) electrons. The number of fused-ring (bicyclic) bond motifs is 1. The molecule has 1 aliphatic rings. The second kappa shape index (κ2) is 9.39. The molecule has 1 aromatic carbocycles. The van der Waals surface area contributed by atoms with Gasteiger partial charge in [-0.05, 0) is 54.7 Å². The number of carbonyl (C=O) groups excluding carboxylic acids is 1. The Morgan fingerprint density at radius 3 is 2.38 bits per heavy atom. The van der Waals surface area contributed by atoms with Gasteiger partial charge in [0.05, 0.1) is 0 Å². The molecule has 2 unspecified atom stereocenters. The number of benzene rings is 1. The highest BCUT2D eigenvalue weighted by atomic mass is 16.5. The number of unbranched alkanes of at least 4 members (excludes halogenated alkanes) is 2. The van der Waals surface area contributed by atoms with Crippen LogP contribution < -0.4 is 4.74 Å². The first kappa shape index (κ1) is 20.7. The number of rotatable bonds is 9. The zero-order chi connectivity index (χ0) is 19.3. The van der Waals surface area contributed by atoms with Crippen LogP contribution in [0.1, 0.15) is 109 Å². The highest BCUT2D eigenvalue weighted by Crippen LogP contribution is 2.41. The molecule has 1 heterocycles. The Morgan fingerprint density at radius 1 is 1.08 bits per heavy atom. The zero-order valence-corrected chi connectivity index (χ0v) is 17.6. The van der Waals surface area contributed by atoms with E-state index in [0.29, 0.717) is 18.3 Å². The Balaban J connectivity index is 2.37. The van der Waals surface area contributed by atoms with Crippen LogP contribution in [0.4, 0.5) is 0 Å². The molecule has 0 aliphatic carbocycles. The molecule has 0 amide bonds. The number of Topliss-reactive ketones (excluding diaryl/α,β-unsaturated/α-hetero) is 1. The van der Waals surface area contributed by atoms with E-state index in [4.69, 9.17) is 4.74 Å². The average Bonchev–Trinajstić information content (AvgIpc) is 2.65. The summed E-state index contributed by atoms with van der Waals surface area (Å²) in [7, 11) is 0. The van der Waals surface area contributed by atoms with E-state index in [9.17, 15) is 4.79 Å². The molecular weight excluding hydrogens is 320 g/mol. The maximum Gasteiger partial charge on any atom is 0.162 e. The summed E-state index contributed by atoms with van der Waals surface area (Å²) in [5.74, 6) is 3.07. The molecule has 0 bridgehead atoms. The van der Waals surface area contributed by atoms with E-state index in [1.54, 1.807) is 0 Å². The van der Waals surface area contributed by atoms with Crippen LogP contribution in [0.2, 0.25) is 0 Å². The van der Waals surface area contributed by atoms with Crippen molar-refractivity contribution in [2.24, 2.45) is 0 Å². The maximum absolute atomic E-state index is 12.7. The fourth-order valence-corrected chi connectivity index (χ4v) is 3.61. The average molecular weight is 357 g/mol. The van der Waals surface area contributed by atoms with Crippen LogP contribution in [0.25, 0.3) is 0 Å². The van der Waals surface area contributed by atoms with Gasteiger partial charge in [-0.1, -0.05) is 59.6 Å². The van der Waals surface area contributed by atoms with Gasteiger partial charge in [-0.2, -0.15) is 0 Å². The number of hydrogen-bond donors (Lipinski definition) is 0. The smallest absolute Gasteiger partial charge is 0.162 e. The minimum atomic E-state index is 0.264. The summed E-state index contributed by atoms with van der Waals surface area (Å²) in [4.78, 5) is 12.7. The molecule has 1 aromatic rings. The Kier molecular flexibility index (Phi) is 7.49. The highest BCUT2D eigenvalue weighted by molar-refractivity contribution is 5.96. The van der Waals surface area contributed by atoms with Crippen LogP contribution in [0.5, 0.6) is 5.75 Å². The van der Waals surface area contributed by atoms with E-state index in [-0.39, 0.29) is 5.78 Å². The summed E-state index contributed by atoms with van der Waals surface area (Å²) >= 11 is 0. The summed E-state index contributed by atoms with van der Waals surface area (Å²) in [6.45, 7) is 13.1. The van der Waals surface area contributed by atoms with Gasteiger partial charge < -0.3 is 4.74 Å². The van der Waals surface area contributed by atoms with Crippen LogP contribution in [-0.2, 0) is 11.2 Å². The molecule has 0 spiro atoms. The van der Waals surface area contributed by atoms with Crippen LogP contribution in [-0.4, -0.2) is 5.78 Å². The molecule has 0 saturated heterocycles. The number of ketones is 1. The van der Waals surface area contributed by atoms with Gasteiger partial charge in [-0.15, -0.1) is 0 Å². The van der Waals surface area contributed by atoms with Gasteiger partial charge in [-0.3, -0.25) is 4.79 Å². The van der Waals surface area contributed by atoms with Crippen LogP contribution >= 0.6 is 0 Å². The lowest BCUT2D eigenvalue weighted by molar-refractivity contribution is -0.116.